The molecule has 0 saturated carbocycles. The van der Waals surface area contributed by atoms with Crippen molar-refractivity contribution in [3.63, 3.8) is 0 Å². The Morgan fingerprint density at radius 1 is 1.50 bits per heavy atom. The first-order valence-corrected chi connectivity index (χ1v) is 5.34. The number of hydrogen-bond acceptors (Lipinski definition) is 4. The number of halogens is 1. The molecule has 0 radical (unpaired) electrons. The van der Waals surface area contributed by atoms with Gasteiger partial charge in [0.25, 0.3) is 0 Å². The lowest BCUT2D eigenvalue weighted by Crippen LogP contribution is -2.19. The maximum Gasteiger partial charge on any atom is 0.191 e. The van der Waals surface area contributed by atoms with Crippen LogP contribution < -0.4 is 5.32 Å². The number of aromatic nitrogens is 4. The number of benzene rings is 1. The largest absolute Gasteiger partial charge is 0.303 e. The predicted molar refractivity (Wildman–Crippen MR) is 60.9 cm³/mol. The van der Waals surface area contributed by atoms with E-state index in [1.807, 2.05) is 31.2 Å². The van der Waals surface area contributed by atoms with E-state index in [4.69, 9.17) is 11.6 Å². The molecule has 0 bridgehead atoms. The summed E-state index contributed by atoms with van der Waals surface area (Å²) in [6, 6.07) is 7.78. The highest BCUT2D eigenvalue weighted by molar-refractivity contribution is 6.30. The second-order valence-corrected chi connectivity index (χ2v) is 3.94. The molecule has 0 spiro atoms. The summed E-state index contributed by atoms with van der Waals surface area (Å²) in [5.74, 6) is 0.655. The fourth-order valence-electron chi connectivity index (χ4n) is 1.36. The quantitative estimate of drug-likeness (QED) is 0.850. The second kappa shape index (κ2) is 5.05. The van der Waals surface area contributed by atoms with Crippen molar-refractivity contribution in [2.24, 2.45) is 0 Å². The molecule has 2 N–H and O–H groups in total. The van der Waals surface area contributed by atoms with Gasteiger partial charge in [-0.3, -0.25) is 0 Å². The first-order chi connectivity index (χ1) is 7.75. The van der Waals surface area contributed by atoms with Crippen LogP contribution in [0.15, 0.2) is 24.3 Å². The van der Waals surface area contributed by atoms with Gasteiger partial charge in [-0.15, -0.1) is 10.2 Å². The van der Waals surface area contributed by atoms with Crippen LogP contribution in [-0.4, -0.2) is 20.6 Å². The number of rotatable bonds is 4. The van der Waals surface area contributed by atoms with Crippen molar-refractivity contribution < 1.29 is 0 Å². The van der Waals surface area contributed by atoms with Crippen molar-refractivity contribution in [2.45, 2.75) is 19.5 Å². The summed E-state index contributed by atoms with van der Waals surface area (Å²) in [6.45, 7) is 2.70. The minimum absolute atomic E-state index is 0.0535. The molecule has 5 nitrogen and oxygen atoms in total. The zero-order valence-electron chi connectivity index (χ0n) is 8.81. The minimum Gasteiger partial charge on any atom is -0.303 e. The van der Waals surface area contributed by atoms with Crippen molar-refractivity contribution in [3.05, 3.63) is 40.7 Å². The van der Waals surface area contributed by atoms with Crippen LogP contribution >= 0.6 is 11.6 Å². The van der Waals surface area contributed by atoms with Crippen molar-refractivity contribution in [1.82, 2.24) is 25.9 Å². The average Bonchev–Trinajstić information content (AvgIpc) is 2.79. The van der Waals surface area contributed by atoms with Crippen LogP contribution in [0, 0.1) is 0 Å². The van der Waals surface area contributed by atoms with Crippen LogP contribution in [-0.2, 0) is 6.54 Å². The van der Waals surface area contributed by atoms with Crippen LogP contribution in [0.5, 0.6) is 0 Å². The van der Waals surface area contributed by atoms with Gasteiger partial charge in [0.15, 0.2) is 5.82 Å². The molecule has 1 heterocycles. The molecule has 0 aliphatic carbocycles. The minimum atomic E-state index is 0.0535. The topological polar surface area (TPSA) is 66.5 Å². The standard InChI is InChI=1S/C10H12ClN5/c1-7(10-13-15-16-14-10)12-6-8-3-2-4-9(11)5-8/h2-5,7,12H,6H2,1H3,(H,13,14,15,16). The SMILES string of the molecule is CC(NCc1cccc(Cl)c1)c1nn[nH]n1. The van der Waals surface area contributed by atoms with Gasteiger partial charge in [0.1, 0.15) is 0 Å². The molecule has 1 unspecified atom stereocenters. The maximum absolute atomic E-state index is 5.89. The molecule has 6 heteroatoms. The van der Waals surface area contributed by atoms with Gasteiger partial charge in [-0.1, -0.05) is 28.9 Å². The molecule has 1 aromatic carbocycles. The van der Waals surface area contributed by atoms with E-state index in [-0.39, 0.29) is 6.04 Å². The van der Waals surface area contributed by atoms with Crippen LogP contribution in [0.1, 0.15) is 24.4 Å². The number of nitrogens with zero attached hydrogens (tertiary/aromatic N) is 3. The Hall–Kier alpha value is -1.46. The summed E-state index contributed by atoms with van der Waals surface area (Å²) in [5, 5.41) is 17.8. The molecule has 1 atom stereocenters. The van der Waals surface area contributed by atoms with E-state index < -0.39 is 0 Å². The van der Waals surface area contributed by atoms with Crippen molar-refractivity contribution >= 4 is 11.6 Å². The summed E-state index contributed by atoms with van der Waals surface area (Å²) in [6.07, 6.45) is 0. The van der Waals surface area contributed by atoms with E-state index in [0.717, 1.165) is 17.1 Å². The van der Waals surface area contributed by atoms with E-state index in [0.29, 0.717) is 5.82 Å². The molecule has 0 saturated heterocycles. The lowest BCUT2D eigenvalue weighted by molar-refractivity contribution is 0.547. The van der Waals surface area contributed by atoms with Gasteiger partial charge in [-0.05, 0) is 24.6 Å². The van der Waals surface area contributed by atoms with Crippen LogP contribution in [0.2, 0.25) is 5.02 Å². The molecule has 0 aliphatic heterocycles. The fraction of sp³-hybridized carbons (Fsp3) is 0.300. The first-order valence-electron chi connectivity index (χ1n) is 4.97. The number of hydrogen-bond donors (Lipinski definition) is 2. The molecule has 0 amide bonds. The van der Waals surface area contributed by atoms with E-state index in [2.05, 4.69) is 25.9 Å². The van der Waals surface area contributed by atoms with Gasteiger partial charge in [0, 0.05) is 11.6 Å². The molecular weight excluding hydrogens is 226 g/mol. The van der Waals surface area contributed by atoms with Crippen LogP contribution in [0.3, 0.4) is 0 Å². The van der Waals surface area contributed by atoms with Crippen molar-refractivity contribution in [2.75, 3.05) is 0 Å². The lowest BCUT2D eigenvalue weighted by atomic mass is 10.2. The van der Waals surface area contributed by atoms with E-state index in [9.17, 15) is 0 Å². The second-order valence-electron chi connectivity index (χ2n) is 3.50. The third kappa shape index (κ3) is 2.77. The van der Waals surface area contributed by atoms with Crippen molar-refractivity contribution in [1.29, 1.82) is 0 Å². The Kier molecular flexibility index (Phi) is 3.48. The molecule has 84 valence electrons. The zero-order chi connectivity index (χ0) is 11.4. The molecule has 16 heavy (non-hydrogen) atoms. The highest BCUT2D eigenvalue weighted by Crippen LogP contribution is 2.12. The summed E-state index contributed by atoms with van der Waals surface area (Å²) >= 11 is 5.89. The van der Waals surface area contributed by atoms with Crippen LogP contribution in [0.4, 0.5) is 0 Å². The Bertz CT molecular complexity index is 442. The van der Waals surface area contributed by atoms with Gasteiger partial charge in [-0.2, -0.15) is 5.21 Å². The molecule has 0 fully saturated rings. The Morgan fingerprint density at radius 2 is 2.38 bits per heavy atom. The smallest absolute Gasteiger partial charge is 0.191 e. The third-order valence-electron chi connectivity index (χ3n) is 2.25. The normalized spacial score (nSPS) is 12.6. The molecule has 0 aliphatic rings. The Morgan fingerprint density at radius 3 is 3.06 bits per heavy atom. The highest BCUT2D eigenvalue weighted by atomic mass is 35.5. The third-order valence-corrected chi connectivity index (χ3v) is 2.49. The first kappa shape index (κ1) is 11.0. The summed E-state index contributed by atoms with van der Waals surface area (Å²) in [7, 11) is 0. The molecule has 2 aromatic rings. The zero-order valence-corrected chi connectivity index (χ0v) is 9.57. The van der Waals surface area contributed by atoms with Gasteiger partial charge in [0.05, 0.1) is 6.04 Å². The molecular formula is C10H12ClN5. The fourth-order valence-corrected chi connectivity index (χ4v) is 1.58. The van der Waals surface area contributed by atoms with Gasteiger partial charge in [0.2, 0.25) is 0 Å². The van der Waals surface area contributed by atoms with Gasteiger partial charge in [-0.25, -0.2) is 0 Å². The summed E-state index contributed by atoms with van der Waals surface area (Å²) < 4.78 is 0. The van der Waals surface area contributed by atoms with Crippen LogP contribution in [0.25, 0.3) is 0 Å². The van der Waals surface area contributed by atoms with Gasteiger partial charge >= 0.3 is 0 Å². The Labute approximate surface area is 98.2 Å². The number of nitrogens with one attached hydrogen (secondary N) is 2. The lowest BCUT2D eigenvalue weighted by Gasteiger charge is -2.09. The van der Waals surface area contributed by atoms with Gasteiger partial charge < -0.3 is 5.32 Å². The predicted octanol–water partition coefficient (Wildman–Crippen LogP) is 1.70. The highest BCUT2D eigenvalue weighted by Gasteiger charge is 2.08. The summed E-state index contributed by atoms with van der Waals surface area (Å²) in [5.41, 5.74) is 1.13. The summed E-state index contributed by atoms with van der Waals surface area (Å²) in [4.78, 5) is 0. The van der Waals surface area contributed by atoms with E-state index in [1.54, 1.807) is 0 Å². The molecule has 1 aromatic heterocycles. The number of H-pyrrole nitrogens is 1. The maximum atomic E-state index is 5.89. The molecule has 2 rings (SSSR count). The average molecular weight is 238 g/mol. The van der Waals surface area contributed by atoms with Crippen molar-refractivity contribution in [3.8, 4) is 0 Å². The Balaban J connectivity index is 1.92. The number of aromatic amines is 1. The number of tetrazole rings is 1. The monoisotopic (exact) mass is 237 g/mol. The van der Waals surface area contributed by atoms with E-state index >= 15 is 0 Å². The van der Waals surface area contributed by atoms with E-state index in [1.165, 1.54) is 0 Å².